The zero-order chi connectivity index (χ0) is 15.4. The molecule has 6 heteroatoms. The first-order valence-electron chi connectivity index (χ1n) is 7.39. The molecular formula is C16H19N5O. The molecule has 22 heavy (non-hydrogen) atoms. The van der Waals surface area contributed by atoms with Crippen LogP contribution in [0.3, 0.4) is 0 Å². The van der Waals surface area contributed by atoms with Crippen LogP contribution in [0.1, 0.15) is 42.0 Å². The average Bonchev–Trinajstić information content (AvgIpc) is 3.16. The molecule has 0 spiro atoms. The number of nitrogens with zero attached hydrogens (tertiary/aromatic N) is 3. The molecule has 3 rings (SSSR count). The number of aromatic amines is 1. The molecule has 0 amide bonds. The van der Waals surface area contributed by atoms with E-state index in [0.717, 1.165) is 17.7 Å². The van der Waals surface area contributed by atoms with Crippen LogP contribution in [-0.2, 0) is 6.54 Å². The first-order valence-corrected chi connectivity index (χ1v) is 7.39. The van der Waals surface area contributed by atoms with E-state index in [4.69, 9.17) is 4.42 Å². The SMILES string of the molecule is CC[C@@H](c1ccccc1)c1nnc(NCc2cn[nH]c2C)o1. The van der Waals surface area contributed by atoms with Gasteiger partial charge in [-0.05, 0) is 18.9 Å². The molecule has 2 N–H and O–H groups in total. The number of hydrogen-bond donors (Lipinski definition) is 2. The highest BCUT2D eigenvalue weighted by molar-refractivity contribution is 5.27. The maximum absolute atomic E-state index is 5.77. The molecule has 1 atom stereocenters. The minimum Gasteiger partial charge on any atom is -0.407 e. The summed E-state index contributed by atoms with van der Waals surface area (Å²) in [6, 6.07) is 10.7. The average molecular weight is 297 g/mol. The molecule has 2 heterocycles. The lowest BCUT2D eigenvalue weighted by molar-refractivity contribution is 0.473. The predicted molar refractivity (Wildman–Crippen MR) is 83.5 cm³/mol. The van der Waals surface area contributed by atoms with Gasteiger partial charge in [0.1, 0.15) is 0 Å². The van der Waals surface area contributed by atoms with Crippen molar-refractivity contribution in [2.24, 2.45) is 0 Å². The van der Waals surface area contributed by atoms with Crippen LogP contribution < -0.4 is 5.32 Å². The maximum atomic E-state index is 5.77. The summed E-state index contributed by atoms with van der Waals surface area (Å²) in [5.41, 5.74) is 3.30. The van der Waals surface area contributed by atoms with Gasteiger partial charge < -0.3 is 9.73 Å². The second kappa shape index (κ2) is 6.43. The molecule has 0 unspecified atom stereocenters. The number of rotatable bonds is 6. The van der Waals surface area contributed by atoms with E-state index in [-0.39, 0.29) is 5.92 Å². The molecule has 2 aromatic heterocycles. The van der Waals surface area contributed by atoms with Crippen molar-refractivity contribution in [2.75, 3.05) is 5.32 Å². The summed E-state index contributed by atoms with van der Waals surface area (Å²) in [6.07, 6.45) is 2.70. The van der Waals surface area contributed by atoms with E-state index in [1.54, 1.807) is 6.20 Å². The summed E-state index contributed by atoms with van der Waals surface area (Å²) in [5.74, 6) is 0.764. The van der Waals surface area contributed by atoms with Crippen molar-refractivity contribution in [3.63, 3.8) is 0 Å². The molecular weight excluding hydrogens is 278 g/mol. The highest BCUT2D eigenvalue weighted by atomic mass is 16.4. The number of aromatic nitrogens is 4. The summed E-state index contributed by atoms with van der Waals surface area (Å²) in [5, 5.41) is 18.3. The fraction of sp³-hybridized carbons (Fsp3) is 0.312. The number of H-pyrrole nitrogens is 1. The molecule has 0 bridgehead atoms. The summed E-state index contributed by atoms with van der Waals surface area (Å²) in [6.45, 7) is 4.70. The van der Waals surface area contributed by atoms with E-state index < -0.39 is 0 Å². The van der Waals surface area contributed by atoms with Crippen LogP contribution in [0, 0.1) is 6.92 Å². The topological polar surface area (TPSA) is 79.6 Å². The summed E-state index contributed by atoms with van der Waals surface area (Å²) >= 11 is 0. The second-order valence-electron chi connectivity index (χ2n) is 5.19. The Bertz CT molecular complexity index is 719. The smallest absolute Gasteiger partial charge is 0.315 e. The van der Waals surface area contributed by atoms with Crippen LogP contribution in [0.25, 0.3) is 0 Å². The van der Waals surface area contributed by atoms with Gasteiger partial charge >= 0.3 is 6.01 Å². The van der Waals surface area contributed by atoms with Crippen LogP contribution in [0.2, 0.25) is 0 Å². The van der Waals surface area contributed by atoms with E-state index in [1.807, 2.05) is 25.1 Å². The van der Waals surface area contributed by atoms with Gasteiger partial charge in [-0.2, -0.15) is 5.10 Å². The zero-order valence-corrected chi connectivity index (χ0v) is 12.7. The van der Waals surface area contributed by atoms with Gasteiger partial charge in [-0.1, -0.05) is 42.4 Å². The molecule has 0 aliphatic carbocycles. The first-order chi connectivity index (χ1) is 10.8. The summed E-state index contributed by atoms with van der Waals surface area (Å²) < 4.78 is 5.77. The standard InChI is InChI=1S/C16H19N5O/c1-3-14(12-7-5-4-6-8-12)15-20-21-16(22-15)17-9-13-10-18-19-11(13)2/h4-8,10,14H,3,9H2,1-2H3,(H,17,21)(H,18,19)/t14-/m0/s1. The Kier molecular flexibility index (Phi) is 4.18. The van der Waals surface area contributed by atoms with Gasteiger partial charge in [0.15, 0.2) is 0 Å². The molecule has 114 valence electrons. The highest BCUT2D eigenvalue weighted by Crippen LogP contribution is 2.27. The lowest BCUT2D eigenvalue weighted by Gasteiger charge is -2.10. The summed E-state index contributed by atoms with van der Waals surface area (Å²) in [7, 11) is 0. The Morgan fingerprint density at radius 2 is 2.05 bits per heavy atom. The zero-order valence-electron chi connectivity index (χ0n) is 12.7. The van der Waals surface area contributed by atoms with Crippen molar-refractivity contribution < 1.29 is 4.42 Å². The quantitative estimate of drug-likeness (QED) is 0.730. The fourth-order valence-corrected chi connectivity index (χ4v) is 2.41. The molecule has 0 radical (unpaired) electrons. The maximum Gasteiger partial charge on any atom is 0.315 e. The Labute approximate surface area is 129 Å². The molecule has 0 fully saturated rings. The van der Waals surface area contributed by atoms with Crippen molar-refractivity contribution in [3.05, 3.63) is 59.2 Å². The third kappa shape index (κ3) is 3.00. The molecule has 3 aromatic rings. The van der Waals surface area contributed by atoms with Crippen molar-refractivity contribution in [2.45, 2.75) is 32.7 Å². The van der Waals surface area contributed by atoms with Gasteiger partial charge in [0.2, 0.25) is 5.89 Å². The Hall–Kier alpha value is -2.63. The third-order valence-electron chi connectivity index (χ3n) is 3.71. The number of benzene rings is 1. The molecule has 0 saturated carbocycles. The van der Waals surface area contributed by atoms with Crippen LogP contribution >= 0.6 is 0 Å². The van der Waals surface area contributed by atoms with Crippen LogP contribution in [0.5, 0.6) is 0 Å². The van der Waals surface area contributed by atoms with Crippen molar-refractivity contribution in [3.8, 4) is 0 Å². The highest BCUT2D eigenvalue weighted by Gasteiger charge is 2.18. The van der Waals surface area contributed by atoms with Crippen molar-refractivity contribution in [1.29, 1.82) is 0 Å². The second-order valence-corrected chi connectivity index (χ2v) is 5.19. The van der Waals surface area contributed by atoms with E-state index in [9.17, 15) is 0 Å². The van der Waals surface area contributed by atoms with Gasteiger partial charge in [0.25, 0.3) is 0 Å². The molecule has 0 aliphatic heterocycles. The van der Waals surface area contributed by atoms with Gasteiger partial charge in [-0.15, -0.1) is 5.10 Å². The number of aryl methyl sites for hydroxylation is 1. The van der Waals surface area contributed by atoms with E-state index >= 15 is 0 Å². The number of nitrogens with one attached hydrogen (secondary N) is 2. The van der Waals surface area contributed by atoms with E-state index in [2.05, 4.69) is 44.8 Å². The molecule has 0 aliphatic rings. The molecule has 6 nitrogen and oxygen atoms in total. The number of anilines is 1. The van der Waals surface area contributed by atoms with E-state index in [0.29, 0.717) is 18.5 Å². The first kappa shape index (κ1) is 14.3. The van der Waals surface area contributed by atoms with Gasteiger partial charge in [-0.3, -0.25) is 5.10 Å². The Morgan fingerprint density at radius 1 is 1.23 bits per heavy atom. The van der Waals surface area contributed by atoms with Gasteiger partial charge in [0.05, 0.1) is 12.1 Å². The normalized spacial score (nSPS) is 12.3. The monoisotopic (exact) mass is 297 g/mol. The van der Waals surface area contributed by atoms with Gasteiger partial charge in [0, 0.05) is 17.8 Å². The van der Waals surface area contributed by atoms with Crippen LogP contribution in [0.15, 0.2) is 40.9 Å². The van der Waals surface area contributed by atoms with Crippen molar-refractivity contribution in [1.82, 2.24) is 20.4 Å². The Balaban J connectivity index is 1.71. The lowest BCUT2D eigenvalue weighted by atomic mass is 9.97. The van der Waals surface area contributed by atoms with Crippen LogP contribution in [-0.4, -0.2) is 20.4 Å². The fourth-order valence-electron chi connectivity index (χ4n) is 2.41. The molecule has 0 saturated heterocycles. The van der Waals surface area contributed by atoms with Gasteiger partial charge in [-0.25, -0.2) is 0 Å². The Morgan fingerprint density at radius 3 is 2.73 bits per heavy atom. The van der Waals surface area contributed by atoms with Crippen LogP contribution in [0.4, 0.5) is 6.01 Å². The molecule has 1 aromatic carbocycles. The van der Waals surface area contributed by atoms with E-state index in [1.165, 1.54) is 5.56 Å². The lowest BCUT2D eigenvalue weighted by Crippen LogP contribution is -2.00. The third-order valence-corrected chi connectivity index (χ3v) is 3.71. The van der Waals surface area contributed by atoms with Crippen molar-refractivity contribution >= 4 is 6.01 Å². The predicted octanol–water partition coefficient (Wildman–Crippen LogP) is 3.26. The summed E-state index contributed by atoms with van der Waals surface area (Å²) in [4.78, 5) is 0. The minimum absolute atomic E-state index is 0.125. The largest absolute Gasteiger partial charge is 0.407 e. The minimum atomic E-state index is 0.125. The number of hydrogen-bond acceptors (Lipinski definition) is 5.